The molecule has 24 heavy (non-hydrogen) atoms. The molecule has 9 nitrogen and oxygen atoms in total. The highest BCUT2D eigenvalue weighted by molar-refractivity contribution is 6.39. The van der Waals surface area contributed by atoms with E-state index in [2.05, 4.69) is 10.5 Å². The molecule has 10 heteroatoms. The van der Waals surface area contributed by atoms with Crippen LogP contribution in [0, 0.1) is 10.1 Å². The summed E-state index contributed by atoms with van der Waals surface area (Å²) in [5, 5.41) is 14.9. The van der Waals surface area contributed by atoms with Gasteiger partial charge in [-0.25, -0.2) is 4.79 Å². The standard InChI is InChI=1S/C14H16ClN3O6/c1-3-23-13(19)8-11(14(20)24-4-2)17-16-10-6-5-9(15)7-12(10)18(21)22/h5-7,16H,3-4,8H2,1-2H3/b17-11-. The third-order valence-electron chi connectivity index (χ3n) is 2.60. The van der Waals surface area contributed by atoms with Gasteiger partial charge in [-0.3, -0.25) is 20.3 Å². The van der Waals surface area contributed by atoms with Gasteiger partial charge in [0, 0.05) is 11.1 Å². The summed E-state index contributed by atoms with van der Waals surface area (Å²) in [5.41, 5.74) is 1.80. The SMILES string of the molecule is CCOC(=O)C/C(=N/Nc1ccc(Cl)cc1[N+](=O)[O-])C(=O)OCC. The lowest BCUT2D eigenvalue weighted by molar-refractivity contribution is -0.383. The molecule has 0 aliphatic carbocycles. The Morgan fingerprint density at radius 2 is 1.96 bits per heavy atom. The van der Waals surface area contributed by atoms with Crippen molar-refractivity contribution in [3.8, 4) is 0 Å². The van der Waals surface area contributed by atoms with Crippen molar-refractivity contribution in [1.29, 1.82) is 0 Å². The summed E-state index contributed by atoms with van der Waals surface area (Å²) in [5.74, 6) is -1.49. The lowest BCUT2D eigenvalue weighted by Gasteiger charge is -2.07. The quantitative estimate of drug-likeness (QED) is 0.328. The molecule has 0 unspecified atom stereocenters. The van der Waals surface area contributed by atoms with Gasteiger partial charge in [-0.15, -0.1) is 0 Å². The Hall–Kier alpha value is -2.68. The Labute approximate surface area is 142 Å². The molecule has 1 aromatic carbocycles. The van der Waals surface area contributed by atoms with E-state index in [-0.39, 0.29) is 35.3 Å². The molecule has 0 bridgehead atoms. The first-order valence-corrected chi connectivity index (χ1v) is 7.36. The highest BCUT2D eigenvalue weighted by Gasteiger charge is 2.20. The Kier molecular flexibility index (Phi) is 7.63. The summed E-state index contributed by atoms with van der Waals surface area (Å²) in [6, 6.07) is 3.88. The van der Waals surface area contributed by atoms with Gasteiger partial charge >= 0.3 is 11.9 Å². The second-order valence-electron chi connectivity index (χ2n) is 4.29. The molecule has 0 aliphatic rings. The molecule has 0 fully saturated rings. The van der Waals surface area contributed by atoms with Crippen molar-refractivity contribution >= 4 is 40.6 Å². The number of nitrogens with zero attached hydrogens (tertiary/aromatic N) is 2. The van der Waals surface area contributed by atoms with Crippen molar-refractivity contribution in [2.45, 2.75) is 20.3 Å². The van der Waals surface area contributed by atoms with Gasteiger partial charge in [0.25, 0.3) is 5.69 Å². The predicted octanol–water partition coefficient (Wildman–Crippen LogP) is 2.53. The zero-order valence-corrected chi connectivity index (χ0v) is 13.8. The number of esters is 2. The van der Waals surface area contributed by atoms with Gasteiger partial charge in [0.05, 0.1) is 24.6 Å². The number of nitro groups is 1. The first-order chi connectivity index (χ1) is 11.4. The van der Waals surface area contributed by atoms with E-state index < -0.39 is 23.3 Å². The van der Waals surface area contributed by atoms with Crippen LogP contribution in [-0.2, 0) is 19.1 Å². The number of carbonyl (C=O) groups is 2. The topological polar surface area (TPSA) is 120 Å². The normalized spacial score (nSPS) is 10.9. The van der Waals surface area contributed by atoms with E-state index in [9.17, 15) is 19.7 Å². The van der Waals surface area contributed by atoms with E-state index in [0.717, 1.165) is 6.07 Å². The Morgan fingerprint density at radius 3 is 2.54 bits per heavy atom. The highest BCUT2D eigenvalue weighted by atomic mass is 35.5. The summed E-state index contributed by atoms with van der Waals surface area (Å²) >= 11 is 5.72. The number of hydrogen-bond acceptors (Lipinski definition) is 8. The minimum atomic E-state index is -0.824. The van der Waals surface area contributed by atoms with Crippen LogP contribution in [0.25, 0.3) is 0 Å². The van der Waals surface area contributed by atoms with Crippen molar-refractivity contribution in [3.63, 3.8) is 0 Å². The molecule has 130 valence electrons. The van der Waals surface area contributed by atoms with Crippen LogP contribution in [0.4, 0.5) is 11.4 Å². The van der Waals surface area contributed by atoms with Crippen molar-refractivity contribution in [1.82, 2.24) is 0 Å². The number of ether oxygens (including phenoxy) is 2. The zero-order chi connectivity index (χ0) is 18.1. The van der Waals surface area contributed by atoms with Gasteiger partial charge in [0.2, 0.25) is 0 Å². The van der Waals surface area contributed by atoms with Crippen LogP contribution in [0.3, 0.4) is 0 Å². The van der Waals surface area contributed by atoms with Gasteiger partial charge in [-0.05, 0) is 26.0 Å². The van der Waals surface area contributed by atoms with Crippen LogP contribution < -0.4 is 5.43 Å². The maximum absolute atomic E-state index is 11.8. The Balaban J connectivity index is 3.04. The predicted molar refractivity (Wildman–Crippen MR) is 87.0 cm³/mol. The number of benzene rings is 1. The molecule has 0 atom stereocenters. The second kappa shape index (κ2) is 9.46. The van der Waals surface area contributed by atoms with E-state index in [1.807, 2.05) is 0 Å². The number of rotatable bonds is 8. The Bertz CT molecular complexity index is 662. The van der Waals surface area contributed by atoms with Crippen molar-refractivity contribution < 1.29 is 24.0 Å². The average Bonchev–Trinajstić information content (AvgIpc) is 2.52. The molecule has 0 aromatic heterocycles. The molecule has 0 heterocycles. The lowest BCUT2D eigenvalue weighted by Crippen LogP contribution is -2.23. The maximum Gasteiger partial charge on any atom is 0.355 e. The molecule has 1 rings (SSSR count). The first kappa shape index (κ1) is 19.4. The average molecular weight is 358 g/mol. The largest absolute Gasteiger partial charge is 0.466 e. The fraction of sp³-hybridized carbons (Fsp3) is 0.357. The van der Waals surface area contributed by atoms with Gasteiger partial charge in [0.1, 0.15) is 5.69 Å². The van der Waals surface area contributed by atoms with Crippen molar-refractivity contribution in [3.05, 3.63) is 33.3 Å². The summed E-state index contributed by atoms with van der Waals surface area (Å²) in [7, 11) is 0. The number of halogens is 1. The monoisotopic (exact) mass is 357 g/mol. The first-order valence-electron chi connectivity index (χ1n) is 6.98. The van der Waals surface area contributed by atoms with E-state index in [4.69, 9.17) is 21.1 Å². The second-order valence-corrected chi connectivity index (χ2v) is 4.73. The molecular formula is C14H16ClN3O6. The smallest absolute Gasteiger partial charge is 0.355 e. The summed E-state index contributed by atoms with van der Waals surface area (Å²) in [6.07, 6.45) is -0.430. The number of carbonyl (C=O) groups excluding carboxylic acids is 2. The van der Waals surface area contributed by atoms with E-state index in [1.165, 1.54) is 12.1 Å². The van der Waals surface area contributed by atoms with Crippen LogP contribution in [0.2, 0.25) is 5.02 Å². The molecule has 0 radical (unpaired) electrons. The minimum absolute atomic E-state index is 0.00931. The van der Waals surface area contributed by atoms with E-state index >= 15 is 0 Å². The van der Waals surface area contributed by atoms with Crippen LogP contribution >= 0.6 is 11.6 Å². The fourth-order valence-corrected chi connectivity index (χ4v) is 1.76. The molecule has 0 aliphatic heterocycles. The van der Waals surface area contributed by atoms with Gasteiger partial charge in [0.15, 0.2) is 5.71 Å². The van der Waals surface area contributed by atoms with E-state index in [0.29, 0.717) is 0 Å². The number of hydrazone groups is 1. The van der Waals surface area contributed by atoms with Gasteiger partial charge < -0.3 is 9.47 Å². The third-order valence-corrected chi connectivity index (χ3v) is 2.83. The zero-order valence-electron chi connectivity index (χ0n) is 13.1. The Morgan fingerprint density at radius 1 is 1.29 bits per heavy atom. The molecule has 0 saturated carbocycles. The lowest BCUT2D eigenvalue weighted by atomic mass is 10.2. The third kappa shape index (κ3) is 5.84. The van der Waals surface area contributed by atoms with Crippen molar-refractivity contribution in [2.75, 3.05) is 18.6 Å². The minimum Gasteiger partial charge on any atom is -0.466 e. The number of hydrogen-bond donors (Lipinski definition) is 1. The van der Waals surface area contributed by atoms with Crippen LogP contribution in [0.1, 0.15) is 20.3 Å². The maximum atomic E-state index is 11.8. The van der Waals surface area contributed by atoms with Crippen molar-refractivity contribution in [2.24, 2.45) is 5.10 Å². The number of nitro benzene ring substituents is 1. The molecular weight excluding hydrogens is 342 g/mol. The molecule has 0 amide bonds. The molecule has 1 aromatic rings. The van der Waals surface area contributed by atoms with Crippen LogP contribution in [0.15, 0.2) is 23.3 Å². The highest BCUT2D eigenvalue weighted by Crippen LogP contribution is 2.27. The summed E-state index contributed by atoms with van der Waals surface area (Å²) < 4.78 is 9.55. The van der Waals surface area contributed by atoms with Crippen LogP contribution in [-0.4, -0.2) is 35.8 Å². The molecule has 0 spiro atoms. The summed E-state index contributed by atoms with van der Waals surface area (Å²) in [6.45, 7) is 3.44. The molecule has 0 saturated heterocycles. The fourth-order valence-electron chi connectivity index (χ4n) is 1.60. The van der Waals surface area contributed by atoms with Gasteiger partial charge in [-0.1, -0.05) is 11.6 Å². The number of anilines is 1. The van der Waals surface area contributed by atoms with Gasteiger partial charge in [-0.2, -0.15) is 5.10 Å². The summed E-state index contributed by atoms with van der Waals surface area (Å²) in [4.78, 5) is 33.7. The van der Waals surface area contributed by atoms with Crippen LogP contribution in [0.5, 0.6) is 0 Å². The number of nitrogens with one attached hydrogen (secondary N) is 1. The van der Waals surface area contributed by atoms with E-state index in [1.54, 1.807) is 13.8 Å². The molecule has 1 N–H and O–H groups in total.